The van der Waals surface area contributed by atoms with Crippen LogP contribution in [0.5, 0.6) is 0 Å². The molecular weight excluding hydrogens is 381 g/mol. The number of nitrogens with zero attached hydrogens (tertiary/aromatic N) is 4. The molecular formula is C23H22FN5O. The molecule has 1 fully saturated rings. The number of carbonyl (C=O) groups excluding carboxylic acids is 1. The predicted octanol–water partition coefficient (Wildman–Crippen LogP) is 4.12. The second-order valence-electron chi connectivity index (χ2n) is 8.00. The van der Waals surface area contributed by atoms with Gasteiger partial charge < -0.3 is 4.90 Å². The Morgan fingerprint density at radius 2 is 2.00 bits per heavy atom. The normalized spacial score (nSPS) is 18.9. The van der Waals surface area contributed by atoms with Crippen LogP contribution >= 0.6 is 0 Å². The lowest BCUT2D eigenvalue weighted by molar-refractivity contribution is 0.0742. The van der Waals surface area contributed by atoms with Gasteiger partial charge >= 0.3 is 0 Å². The molecule has 3 heterocycles. The van der Waals surface area contributed by atoms with Gasteiger partial charge in [-0.25, -0.2) is 4.39 Å². The van der Waals surface area contributed by atoms with E-state index in [-0.39, 0.29) is 17.8 Å². The number of nitrogens with one attached hydrogen (secondary N) is 1. The van der Waals surface area contributed by atoms with E-state index >= 15 is 0 Å². The zero-order chi connectivity index (χ0) is 20.7. The summed E-state index contributed by atoms with van der Waals surface area (Å²) in [5.74, 6) is -0.0542. The first-order valence-corrected chi connectivity index (χ1v) is 10.1. The maximum atomic E-state index is 13.2. The molecule has 4 aromatic rings. The van der Waals surface area contributed by atoms with Gasteiger partial charge in [-0.1, -0.05) is 6.07 Å². The number of carbonyl (C=O) groups is 1. The highest BCUT2D eigenvalue weighted by Crippen LogP contribution is 2.28. The number of fused-ring (bicyclic) bond motifs is 1. The molecule has 1 aliphatic heterocycles. The first kappa shape index (κ1) is 18.5. The Bertz CT molecular complexity index is 1180. The number of aromatic amines is 1. The van der Waals surface area contributed by atoms with Gasteiger partial charge in [0.05, 0.1) is 17.9 Å². The molecule has 5 rings (SSSR count). The number of amides is 1. The van der Waals surface area contributed by atoms with Crippen LogP contribution < -0.4 is 0 Å². The van der Waals surface area contributed by atoms with E-state index < -0.39 is 0 Å². The van der Waals surface area contributed by atoms with Gasteiger partial charge in [0.1, 0.15) is 5.82 Å². The Hall–Kier alpha value is -3.48. The molecule has 152 valence electrons. The average molecular weight is 403 g/mol. The van der Waals surface area contributed by atoms with Crippen LogP contribution in [0.1, 0.15) is 23.7 Å². The van der Waals surface area contributed by atoms with Gasteiger partial charge in [0.25, 0.3) is 5.91 Å². The van der Waals surface area contributed by atoms with Crippen molar-refractivity contribution in [2.45, 2.75) is 25.9 Å². The summed E-state index contributed by atoms with van der Waals surface area (Å²) in [7, 11) is 0. The second-order valence-corrected chi connectivity index (χ2v) is 8.00. The van der Waals surface area contributed by atoms with Crippen molar-refractivity contribution in [1.29, 1.82) is 0 Å². The van der Waals surface area contributed by atoms with Gasteiger partial charge in [-0.15, -0.1) is 0 Å². The molecule has 0 saturated carbocycles. The van der Waals surface area contributed by atoms with Crippen LogP contribution in [0.2, 0.25) is 0 Å². The van der Waals surface area contributed by atoms with E-state index in [2.05, 4.69) is 40.4 Å². The first-order chi connectivity index (χ1) is 14.6. The summed E-state index contributed by atoms with van der Waals surface area (Å²) in [6, 6.07) is 12.2. The van der Waals surface area contributed by atoms with Crippen molar-refractivity contribution >= 4 is 16.8 Å². The third-order valence-corrected chi connectivity index (χ3v) is 5.92. The molecule has 0 spiro atoms. The quantitative estimate of drug-likeness (QED) is 0.557. The van der Waals surface area contributed by atoms with E-state index in [1.54, 1.807) is 18.3 Å². The van der Waals surface area contributed by atoms with Gasteiger partial charge in [0, 0.05) is 41.8 Å². The number of hydrogen-bond acceptors (Lipinski definition) is 3. The number of H-pyrrole nitrogens is 1. The minimum absolute atomic E-state index is 0.0416. The minimum atomic E-state index is -0.333. The summed E-state index contributed by atoms with van der Waals surface area (Å²) in [5.41, 5.74) is 3.75. The number of aromatic nitrogens is 4. The molecule has 7 heteroatoms. The number of halogens is 1. The third kappa shape index (κ3) is 3.36. The molecule has 2 atom stereocenters. The summed E-state index contributed by atoms with van der Waals surface area (Å²) in [5, 5.41) is 12.5. The standard InChI is InChI=1S/C23H22FN5O/c1-15-8-16(13-28(15)23(30)17-2-5-21(24)6-3-17)14-29-22-7-4-18(9-19(22)12-27-29)20-10-25-26-11-20/h2-7,9-12,15-16H,8,13-14H2,1H3,(H,25,26)/t15-,16-/m1/s1. The summed E-state index contributed by atoms with van der Waals surface area (Å²) < 4.78 is 15.2. The second kappa shape index (κ2) is 7.40. The van der Waals surface area contributed by atoms with Gasteiger partial charge in [0.2, 0.25) is 0 Å². The third-order valence-electron chi connectivity index (χ3n) is 5.92. The van der Waals surface area contributed by atoms with Crippen molar-refractivity contribution in [2.24, 2.45) is 5.92 Å². The Kier molecular flexibility index (Phi) is 4.58. The molecule has 30 heavy (non-hydrogen) atoms. The van der Waals surface area contributed by atoms with Crippen molar-refractivity contribution in [3.63, 3.8) is 0 Å². The highest BCUT2D eigenvalue weighted by Gasteiger charge is 2.33. The predicted molar refractivity (Wildman–Crippen MR) is 112 cm³/mol. The van der Waals surface area contributed by atoms with Crippen LogP contribution in [0.15, 0.2) is 61.1 Å². The van der Waals surface area contributed by atoms with Crippen LogP contribution in [0.3, 0.4) is 0 Å². The van der Waals surface area contributed by atoms with Crippen LogP contribution in [-0.2, 0) is 6.54 Å². The van der Waals surface area contributed by atoms with Crippen molar-refractivity contribution in [3.8, 4) is 11.1 Å². The fourth-order valence-corrected chi connectivity index (χ4v) is 4.38. The van der Waals surface area contributed by atoms with E-state index in [0.29, 0.717) is 18.0 Å². The number of rotatable bonds is 4. The van der Waals surface area contributed by atoms with Crippen molar-refractivity contribution < 1.29 is 9.18 Å². The molecule has 0 unspecified atom stereocenters. The van der Waals surface area contributed by atoms with Crippen molar-refractivity contribution in [3.05, 3.63) is 72.4 Å². The van der Waals surface area contributed by atoms with Crippen LogP contribution in [0.25, 0.3) is 22.0 Å². The molecule has 0 radical (unpaired) electrons. The molecule has 0 bridgehead atoms. The van der Waals surface area contributed by atoms with E-state index in [9.17, 15) is 9.18 Å². The SMILES string of the molecule is C[C@@H]1C[C@@H](Cn2ncc3cc(-c4cn[nH]c4)ccc32)CN1C(=O)c1ccc(F)cc1. The molecule has 1 N–H and O–H groups in total. The Labute approximate surface area is 173 Å². The zero-order valence-corrected chi connectivity index (χ0v) is 16.6. The first-order valence-electron chi connectivity index (χ1n) is 10.1. The monoisotopic (exact) mass is 403 g/mol. The molecule has 2 aromatic carbocycles. The summed E-state index contributed by atoms with van der Waals surface area (Å²) in [6.45, 7) is 3.50. The Morgan fingerprint density at radius 3 is 2.77 bits per heavy atom. The van der Waals surface area contributed by atoms with Crippen molar-refractivity contribution in [1.82, 2.24) is 24.9 Å². The number of hydrogen-bond donors (Lipinski definition) is 1. The largest absolute Gasteiger partial charge is 0.336 e. The highest BCUT2D eigenvalue weighted by atomic mass is 19.1. The molecule has 2 aromatic heterocycles. The summed E-state index contributed by atoms with van der Waals surface area (Å²) in [4.78, 5) is 14.7. The maximum absolute atomic E-state index is 13.2. The maximum Gasteiger partial charge on any atom is 0.254 e. The molecule has 6 nitrogen and oxygen atoms in total. The Balaban J connectivity index is 1.32. The van der Waals surface area contributed by atoms with Crippen LogP contribution in [0, 0.1) is 11.7 Å². The topological polar surface area (TPSA) is 66.8 Å². The lowest BCUT2D eigenvalue weighted by Crippen LogP contribution is -2.34. The van der Waals surface area contributed by atoms with Gasteiger partial charge in [0.15, 0.2) is 0 Å². The molecule has 0 aliphatic carbocycles. The minimum Gasteiger partial charge on any atom is -0.336 e. The lowest BCUT2D eigenvalue weighted by Gasteiger charge is -2.21. The van der Waals surface area contributed by atoms with Gasteiger partial charge in [-0.3, -0.25) is 14.6 Å². The molecule has 1 aliphatic rings. The van der Waals surface area contributed by atoms with Crippen LogP contribution in [0.4, 0.5) is 4.39 Å². The molecule has 1 amide bonds. The van der Waals surface area contributed by atoms with E-state index in [4.69, 9.17) is 0 Å². The van der Waals surface area contributed by atoms with Crippen LogP contribution in [-0.4, -0.2) is 43.4 Å². The Morgan fingerprint density at radius 1 is 1.17 bits per heavy atom. The number of benzene rings is 2. The average Bonchev–Trinajstić information content (AvgIpc) is 3.49. The summed E-state index contributed by atoms with van der Waals surface area (Å²) in [6.07, 6.45) is 6.48. The number of likely N-dealkylation sites (tertiary alicyclic amines) is 1. The lowest BCUT2D eigenvalue weighted by atomic mass is 10.1. The van der Waals surface area contributed by atoms with E-state index in [1.807, 2.05) is 22.0 Å². The van der Waals surface area contributed by atoms with E-state index in [1.165, 1.54) is 12.1 Å². The molecule has 1 saturated heterocycles. The zero-order valence-electron chi connectivity index (χ0n) is 16.6. The van der Waals surface area contributed by atoms with Crippen molar-refractivity contribution in [2.75, 3.05) is 6.54 Å². The highest BCUT2D eigenvalue weighted by molar-refractivity contribution is 5.94. The van der Waals surface area contributed by atoms with Gasteiger partial charge in [-0.05, 0) is 61.2 Å². The van der Waals surface area contributed by atoms with Gasteiger partial charge in [-0.2, -0.15) is 10.2 Å². The van der Waals surface area contributed by atoms with E-state index in [0.717, 1.165) is 35.0 Å². The summed E-state index contributed by atoms with van der Waals surface area (Å²) >= 11 is 0. The fraction of sp³-hybridized carbons (Fsp3) is 0.261. The fourth-order valence-electron chi connectivity index (χ4n) is 4.38. The smallest absolute Gasteiger partial charge is 0.254 e.